The molecule has 2 aromatic rings. The molecule has 0 radical (unpaired) electrons. The van der Waals surface area contributed by atoms with E-state index in [1.54, 1.807) is 29.5 Å². The standard InChI is InChI=1S/C14H15ClN2OS/c1-8-5-6-19-13(8)9(2)17-12-7-10(14(16)18)3-4-11(12)15/h3-7,9,17H,1-2H3,(H2,16,18). The Bertz CT molecular complexity index is 609. The van der Waals surface area contributed by atoms with E-state index in [1.807, 2.05) is 0 Å². The van der Waals surface area contributed by atoms with Gasteiger partial charge in [-0.3, -0.25) is 4.79 Å². The summed E-state index contributed by atoms with van der Waals surface area (Å²) in [6.07, 6.45) is 0. The number of aryl methyl sites for hydroxylation is 1. The van der Waals surface area contributed by atoms with Gasteiger partial charge in [0.2, 0.25) is 5.91 Å². The largest absolute Gasteiger partial charge is 0.376 e. The first-order valence-corrected chi connectivity index (χ1v) is 7.14. The van der Waals surface area contributed by atoms with E-state index in [0.717, 1.165) is 5.69 Å². The molecule has 0 fully saturated rings. The molecule has 0 bridgehead atoms. The number of thiophene rings is 1. The molecule has 19 heavy (non-hydrogen) atoms. The number of nitrogens with two attached hydrogens (primary N) is 1. The van der Waals surface area contributed by atoms with E-state index in [4.69, 9.17) is 17.3 Å². The number of carbonyl (C=O) groups is 1. The Hall–Kier alpha value is -1.52. The average Bonchev–Trinajstić information content (AvgIpc) is 2.78. The van der Waals surface area contributed by atoms with Gasteiger partial charge in [0, 0.05) is 10.4 Å². The minimum Gasteiger partial charge on any atom is -0.376 e. The third-order valence-corrected chi connectivity index (χ3v) is 4.45. The van der Waals surface area contributed by atoms with Gasteiger partial charge in [-0.05, 0) is 49.1 Å². The number of amides is 1. The SMILES string of the molecule is Cc1ccsc1C(C)Nc1cc(C(N)=O)ccc1Cl. The maximum absolute atomic E-state index is 11.2. The smallest absolute Gasteiger partial charge is 0.248 e. The highest BCUT2D eigenvalue weighted by molar-refractivity contribution is 7.10. The van der Waals surface area contributed by atoms with Crippen molar-refractivity contribution in [2.45, 2.75) is 19.9 Å². The molecular formula is C14H15ClN2OS. The molecule has 1 aromatic carbocycles. The normalized spacial score (nSPS) is 12.2. The number of anilines is 1. The molecule has 1 unspecified atom stereocenters. The summed E-state index contributed by atoms with van der Waals surface area (Å²) >= 11 is 7.83. The van der Waals surface area contributed by atoms with Crippen LogP contribution in [-0.2, 0) is 0 Å². The molecule has 0 spiro atoms. The molecular weight excluding hydrogens is 280 g/mol. The minimum absolute atomic E-state index is 0.126. The van der Waals surface area contributed by atoms with Crippen molar-refractivity contribution in [3.8, 4) is 0 Å². The van der Waals surface area contributed by atoms with Crippen LogP contribution in [-0.4, -0.2) is 5.91 Å². The van der Waals surface area contributed by atoms with Crippen molar-refractivity contribution in [2.75, 3.05) is 5.32 Å². The second-order valence-electron chi connectivity index (χ2n) is 4.39. The number of rotatable bonds is 4. The van der Waals surface area contributed by atoms with Gasteiger partial charge < -0.3 is 11.1 Å². The summed E-state index contributed by atoms with van der Waals surface area (Å²) in [6.45, 7) is 4.14. The van der Waals surface area contributed by atoms with Crippen molar-refractivity contribution < 1.29 is 4.79 Å². The quantitative estimate of drug-likeness (QED) is 0.896. The summed E-state index contributed by atoms with van der Waals surface area (Å²) in [6, 6.07) is 7.19. The van der Waals surface area contributed by atoms with Crippen molar-refractivity contribution >= 4 is 34.5 Å². The lowest BCUT2D eigenvalue weighted by atomic mass is 10.1. The lowest BCUT2D eigenvalue weighted by Gasteiger charge is -2.16. The fraction of sp³-hybridized carbons (Fsp3) is 0.214. The first kappa shape index (κ1) is 13.9. The molecule has 1 aromatic heterocycles. The Labute approximate surface area is 121 Å². The van der Waals surface area contributed by atoms with Crippen LogP contribution in [0.5, 0.6) is 0 Å². The van der Waals surface area contributed by atoms with Crippen LogP contribution in [0.15, 0.2) is 29.6 Å². The summed E-state index contributed by atoms with van der Waals surface area (Å²) in [5.74, 6) is -0.459. The molecule has 0 aliphatic rings. The van der Waals surface area contributed by atoms with Gasteiger partial charge in [0.1, 0.15) is 0 Å². The zero-order chi connectivity index (χ0) is 14.0. The van der Waals surface area contributed by atoms with E-state index in [1.165, 1.54) is 10.4 Å². The highest BCUT2D eigenvalue weighted by atomic mass is 35.5. The van der Waals surface area contributed by atoms with Gasteiger partial charge in [0.05, 0.1) is 16.8 Å². The summed E-state index contributed by atoms with van der Waals surface area (Å²) < 4.78 is 0. The number of halogens is 1. The fourth-order valence-electron chi connectivity index (χ4n) is 1.92. The molecule has 0 saturated heterocycles. The highest BCUT2D eigenvalue weighted by Gasteiger charge is 2.12. The average molecular weight is 295 g/mol. The lowest BCUT2D eigenvalue weighted by Crippen LogP contribution is -2.12. The fourth-order valence-corrected chi connectivity index (χ4v) is 3.02. The molecule has 0 aliphatic carbocycles. The molecule has 100 valence electrons. The third-order valence-electron chi connectivity index (χ3n) is 2.92. The van der Waals surface area contributed by atoms with Gasteiger partial charge in [-0.2, -0.15) is 0 Å². The topological polar surface area (TPSA) is 55.1 Å². The van der Waals surface area contributed by atoms with Crippen LogP contribution in [0.1, 0.15) is 33.8 Å². The number of benzene rings is 1. The predicted octanol–water partition coefficient (Wildman–Crippen LogP) is 3.98. The number of carbonyl (C=O) groups excluding carboxylic acids is 1. The number of nitrogens with one attached hydrogen (secondary N) is 1. The second-order valence-corrected chi connectivity index (χ2v) is 5.75. The van der Waals surface area contributed by atoms with Crippen molar-refractivity contribution in [1.82, 2.24) is 0 Å². The zero-order valence-electron chi connectivity index (χ0n) is 10.7. The Morgan fingerprint density at radius 3 is 2.74 bits per heavy atom. The van der Waals surface area contributed by atoms with Crippen molar-refractivity contribution in [3.05, 3.63) is 50.7 Å². The van der Waals surface area contributed by atoms with Gasteiger partial charge >= 0.3 is 0 Å². The molecule has 1 atom stereocenters. The third kappa shape index (κ3) is 3.08. The first-order valence-electron chi connectivity index (χ1n) is 5.89. The summed E-state index contributed by atoms with van der Waals surface area (Å²) in [4.78, 5) is 12.4. The van der Waals surface area contributed by atoms with E-state index in [9.17, 15) is 4.79 Å². The molecule has 5 heteroatoms. The van der Waals surface area contributed by atoms with E-state index in [0.29, 0.717) is 10.6 Å². The molecule has 3 N–H and O–H groups in total. The van der Waals surface area contributed by atoms with Gasteiger partial charge in [-0.15, -0.1) is 11.3 Å². The number of hydrogen-bond donors (Lipinski definition) is 2. The number of primary amides is 1. The second kappa shape index (κ2) is 5.63. The van der Waals surface area contributed by atoms with Crippen LogP contribution in [0.3, 0.4) is 0 Å². The van der Waals surface area contributed by atoms with E-state index in [-0.39, 0.29) is 6.04 Å². The van der Waals surface area contributed by atoms with Gasteiger partial charge in [0.15, 0.2) is 0 Å². The summed E-state index contributed by atoms with van der Waals surface area (Å²) in [5.41, 5.74) is 7.68. The van der Waals surface area contributed by atoms with Crippen LogP contribution >= 0.6 is 22.9 Å². The zero-order valence-corrected chi connectivity index (χ0v) is 12.3. The summed E-state index contributed by atoms with van der Waals surface area (Å²) in [5, 5.41) is 5.95. The van der Waals surface area contributed by atoms with Crippen LogP contribution in [0.25, 0.3) is 0 Å². The molecule has 1 heterocycles. The molecule has 3 nitrogen and oxygen atoms in total. The predicted molar refractivity (Wildman–Crippen MR) is 81.1 cm³/mol. The number of hydrogen-bond acceptors (Lipinski definition) is 3. The lowest BCUT2D eigenvalue weighted by molar-refractivity contribution is 0.100. The van der Waals surface area contributed by atoms with Crippen LogP contribution < -0.4 is 11.1 Å². The summed E-state index contributed by atoms with van der Waals surface area (Å²) in [7, 11) is 0. The van der Waals surface area contributed by atoms with Crippen molar-refractivity contribution in [2.24, 2.45) is 5.73 Å². The van der Waals surface area contributed by atoms with Gasteiger partial charge in [0.25, 0.3) is 0 Å². The Balaban J connectivity index is 2.26. The van der Waals surface area contributed by atoms with Crippen LogP contribution in [0.2, 0.25) is 5.02 Å². The van der Waals surface area contributed by atoms with Crippen molar-refractivity contribution in [1.29, 1.82) is 0 Å². The van der Waals surface area contributed by atoms with E-state index >= 15 is 0 Å². The maximum atomic E-state index is 11.2. The van der Waals surface area contributed by atoms with Gasteiger partial charge in [-0.1, -0.05) is 11.6 Å². The van der Waals surface area contributed by atoms with Gasteiger partial charge in [-0.25, -0.2) is 0 Å². The molecule has 2 rings (SSSR count). The highest BCUT2D eigenvalue weighted by Crippen LogP contribution is 2.30. The Kier molecular flexibility index (Phi) is 4.12. The van der Waals surface area contributed by atoms with E-state index in [2.05, 4.69) is 30.6 Å². The first-order chi connectivity index (χ1) is 8.99. The van der Waals surface area contributed by atoms with Crippen LogP contribution in [0, 0.1) is 6.92 Å². The maximum Gasteiger partial charge on any atom is 0.248 e. The molecule has 1 amide bonds. The molecule has 0 saturated carbocycles. The molecule has 0 aliphatic heterocycles. The van der Waals surface area contributed by atoms with Crippen molar-refractivity contribution in [3.63, 3.8) is 0 Å². The monoisotopic (exact) mass is 294 g/mol. The Morgan fingerprint density at radius 1 is 1.42 bits per heavy atom. The minimum atomic E-state index is -0.459. The van der Waals surface area contributed by atoms with Crippen LogP contribution in [0.4, 0.5) is 5.69 Å². The Morgan fingerprint density at radius 2 is 2.16 bits per heavy atom. The van der Waals surface area contributed by atoms with E-state index < -0.39 is 5.91 Å².